The number of nitrogens with one attached hydrogen (secondary N) is 1. The lowest BCUT2D eigenvalue weighted by molar-refractivity contribution is -0.126. The number of piperidine rings is 1. The first-order chi connectivity index (χ1) is 11.5. The molecule has 3 heterocycles. The third-order valence-corrected chi connectivity index (χ3v) is 4.35. The number of rotatable bonds is 4. The predicted octanol–water partition coefficient (Wildman–Crippen LogP) is 1.90. The predicted molar refractivity (Wildman–Crippen MR) is 85.9 cm³/mol. The Morgan fingerprint density at radius 3 is 2.71 bits per heavy atom. The highest BCUT2D eigenvalue weighted by molar-refractivity contribution is 9.10. The molecule has 3 rings (SSSR count). The molecule has 0 spiro atoms. The van der Waals surface area contributed by atoms with Crippen LogP contribution in [0.2, 0.25) is 0 Å². The molecule has 0 radical (unpaired) electrons. The zero-order valence-electron chi connectivity index (χ0n) is 13.1. The van der Waals surface area contributed by atoms with E-state index in [4.69, 9.17) is 8.94 Å². The summed E-state index contributed by atoms with van der Waals surface area (Å²) in [6.07, 6.45) is 1.23. The van der Waals surface area contributed by atoms with Gasteiger partial charge in [-0.1, -0.05) is 5.16 Å². The van der Waals surface area contributed by atoms with Crippen molar-refractivity contribution < 1.29 is 18.5 Å². The van der Waals surface area contributed by atoms with Gasteiger partial charge in [0.15, 0.2) is 16.3 Å². The monoisotopic (exact) mass is 396 g/mol. The molecule has 1 N–H and O–H groups in total. The molecule has 24 heavy (non-hydrogen) atoms. The molecule has 0 bridgehead atoms. The zero-order chi connectivity index (χ0) is 17.1. The van der Waals surface area contributed by atoms with E-state index in [9.17, 15) is 9.59 Å². The zero-order valence-corrected chi connectivity index (χ0v) is 14.7. The van der Waals surface area contributed by atoms with Crippen LogP contribution in [0, 0.1) is 12.8 Å². The molecule has 0 atom stereocenters. The van der Waals surface area contributed by atoms with Gasteiger partial charge in [0, 0.05) is 19.0 Å². The Balaban J connectivity index is 1.47. The van der Waals surface area contributed by atoms with E-state index in [0.29, 0.717) is 48.1 Å². The van der Waals surface area contributed by atoms with Gasteiger partial charge in [0.1, 0.15) is 0 Å². The van der Waals surface area contributed by atoms with Crippen molar-refractivity contribution in [2.24, 2.45) is 5.92 Å². The number of carbonyl (C=O) groups is 2. The average Bonchev–Trinajstić information content (AvgIpc) is 3.20. The molecule has 2 amide bonds. The first-order valence-corrected chi connectivity index (χ1v) is 8.44. The third kappa shape index (κ3) is 3.84. The number of likely N-dealkylation sites (tertiary alicyclic amines) is 1. The largest absolute Gasteiger partial charge is 0.444 e. The van der Waals surface area contributed by atoms with Gasteiger partial charge in [-0.2, -0.15) is 4.98 Å². The fraction of sp³-hybridized carbons (Fsp3) is 0.467. The minimum absolute atomic E-state index is 0.0568. The summed E-state index contributed by atoms with van der Waals surface area (Å²) in [5.41, 5.74) is 0. The van der Waals surface area contributed by atoms with Crippen LogP contribution in [0.25, 0.3) is 0 Å². The van der Waals surface area contributed by atoms with Crippen molar-refractivity contribution in [3.8, 4) is 0 Å². The summed E-state index contributed by atoms with van der Waals surface area (Å²) in [4.78, 5) is 30.2. The van der Waals surface area contributed by atoms with Crippen molar-refractivity contribution in [1.29, 1.82) is 0 Å². The first kappa shape index (κ1) is 16.7. The fourth-order valence-electron chi connectivity index (χ4n) is 2.65. The van der Waals surface area contributed by atoms with Crippen molar-refractivity contribution >= 4 is 27.7 Å². The average molecular weight is 397 g/mol. The van der Waals surface area contributed by atoms with Gasteiger partial charge >= 0.3 is 0 Å². The first-order valence-electron chi connectivity index (χ1n) is 7.64. The maximum absolute atomic E-state index is 12.3. The number of carbonyl (C=O) groups excluding carboxylic acids is 2. The maximum Gasteiger partial charge on any atom is 0.289 e. The Labute approximate surface area is 146 Å². The highest BCUT2D eigenvalue weighted by atomic mass is 79.9. The van der Waals surface area contributed by atoms with E-state index in [1.165, 1.54) is 0 Å². The molecule has 0 aliphatic carbocycles. The van der Waals surface area contributed by atoms with Gasteiger partial charge in [0.05, 0.1) is 6.54 Å². The summed E-state index contributed by atoms with van der Waals surface area (Å²) in [5, 5.41) is 6.47. The molecule has 2 aromatic rings. The fourth-order valence-corrected chi connectivity index (χ4v) is 2.96. The van der Waals surface area contributed by atoms with Crippen LogP contribution in [0.5, 0.6) is 0 Å². The van der Waals surface area contributed by atoms with Crippen LogP contribution in [0.3, 0.4) is 0 Å². The van der Waals surface area contributed by atoms with Crippen LogP contribution in [-0.2, 0) is 11.3 Å². The minimum Gasteiger partial charge on any atom is -0.444 e. The van der Waals surface area contributed by atoms with Gasteiger partial charge < -0.3 is 19.2 Å². The Kier molecular flexibility index (Phi) is 4.98. The summed E-state index contributed by atoms with van der Waals surface area (Å²) < 4.78 is 10.8. The number of halogens is 1. The molecule has 1 aliphatic heterocycles. The molecule has 8 nitrogen and oxygen atoms in total. The molecule has 0 saturated carbocycles. The van der Waals surface area contributed by atoms with Crippen molar-refractivity contribution in [2.75, 3.05) is 13.1 Å². The molecule has 1 saturated heterocycles. The van der Waals surface area contributed by atoms with Gasteiger partial charge in [-0.25, -0.2) is 0 Å². The van der Waals surface area contributed by atoms with Crippen LogP contribution in [0.15, 0.2) is 25.7 Å². The molecule has 9 heteroatoms. The summed E-state index contributed by atoms with van der Waals surface area (Å²) in [6, 6.07) is 3.32. The number of hydrogen-bond donors (Lipinski definition) is 1. The Hall–Kier alpha value is -2.16. The third-order valence-electron chi connectivity index (χ3n) is 3.92. The number of amides is 2. The van der Waals surface area contributed by atoms with E-state index in [-0.39, 0.29) is 24.3 Å². The Morgan fingerprint density at radius 1 is 1.38 bits per heavy atom. The highest BCUT2D eigenvalue weighted by Gasteiger charge is 2.29. The van der Waals surface area contributed by atoms with Crippen LogP contribution >= 0.6 is 15.9 Å². The van der Waals surface area contributed by atoms with Crippen molar-refractivity contribution in [2.45, 2.75) is 26.3 Å². The standard InChI is InChI=1S/C15H17BrN4O4/c1-9-18-13(24-19-9)8-17-14(21)10-4-6-20(7-5-10)15(22)11-2-3-12(16)23-11/h2-3,10H,4-8H2,1H3,(H,17,21). The summed E-state index contributed by atoms with van der Waals surface area (Å²) >= 11 is 3.18. The summed E-state index contributed by atoms with van der Waals surface area (Å²) in [7, 11) is 0. The van der Waals surface area contributed by atoms with E-state index in [0.717, 1.165) is 0 Å². The van der Waals surface area contributed by atoms with Crippen LogP contribution < -0.4 is 5.32 Å². The van der Waals surface area contributed by atoms with Gasteiger partial charge in [-0.15, -0.1) is 0 Å². The van der Waals surface area contributed by atoms with Crippen LogP contribution in [-0.4, -0.2) is 39.9 Å². The van der Waals surface area contributed by atoms with Gasteiger partial charge in [-0.05, 0) is 47.8 Å². The lowest BCUT2D eigenvalue weighted by atomic mass is 9.95. The molecule has 2 aromatic heterocycles. The van der Waals surface area contributed by atoms with E-state index < -0.39 is 0 Å². The SMILES string of the molecule is Cc1noc(CNC(=O)C2CCN(C(=O)c3ccc(Br)o3)CC2)n1. The van der Waals surface area contributed by atoms with E-state index in [1.807, 2.05) is 0 Å². The van der Waals surface area contributed by atoms with Gasteiger partial charge in [0.2, 0.25) is 11.8 Å². The normalized spacial score (nSPS) is 15.5. The Bertz CT molecular complexity index is 733. The van der Waals surface area contributed by atoms with Crippen LogP contribution in [0.1, 0.15) is 35.1 Å². The number of furan rings is 1. The molecule has 0 aromatic carbocycles. The van der Waals surface area contributed by atoms with E-state index >= 15 is 0 Å². The van der Waals surface area contributed by atoms with E-state index in [2.05, 4.69) is 31.4 Å². The number of aryl methyl sites for hydroxylation is 1. The second-order valence-corrected chi connectivity index (χ2v) is 6.40. The second kappa shape index (κ2) is 7.16. The molecular weight excluding hydrogens is 380 g/mol. The number of aromatic nitrogens is 2. The Morgan fingerprint density at radius 2 is 2.12 bits per heavy atom. The molecule has 1 fully saturated rings. The molecule has 0 unspecified atom stereocenters. The van der Waals surface area contributed by atoms with Crippen LogP contribution in [0.4, 0.5) is 0 Å². The number of nitrogens with zero attached hydrogens (tertiary/aromatic N) is 3. The van der Waals surface area contributed by atoms with Crippen molar-refractivity contribution in [1.82, 2.24) is 20.4 Å². The summed E-state index contributed by atoms with van der Waals surface area (Å²) in [6.45, 7) is 2.99. The lowest BCUT2D eigenvalue weighted by Gasteiger charge is -2.30. The maximum atomic E-state index is 12.3. The molecule has 128 valence electrons. The second-order valence-electron chi connectivity index (χ2n) is 5.62. The van der Waals surface area contributed by atoms with Gasteiger partial charge in [-0.3, -0.25) is 9.59 Å². The quantitative estimate of drug-likeness (QED) is 0.846. The minimum atomic E-state index is -0.152. The topological polar surface area (TPSA) is 101 Å². The molecule has 1 aliphatic rings. The molecular formula is C15H17BrN4O4. The highest BCUT2D eigenvalue weighted by Crippen LogP contribution is 2.21. The lowest BCUT2D eigenvalue weighted by Crippen LogP contribution is -2.42. The van der Waals surface area contributed by atoms with Gasteiger partial charge in [0.25, 0.3) is 5.91 Å². The number of hydrogen-bond acceptors (Lipinski definition) is 6. The summed E-state index contributed by atoms with van der Waals surface area (Å²) in [5.74, 6) is 0.894. The van der Waals surface area contributed by atoms with Crippen molar-refractivity contribution in [3.63, 3.8) is 0 Å². The van der Waals surface area contributed by atoms with E-state index in [1.54, 1.807) is 24.0 Å². The smallest absolute Gasteiger partial charge is 0.289 e. The van der Waals surface area contributed by atoms with Crippen molar-refractivity contribution in [3.05, 3.63) is 34.3 Å².